The molecule has 4 heteroatoms. The van der Waals surface area contributed by atoms with Gasteiger partial charge in [-0.1, -0.05) is 13.0 Å². The molecule has 1 aromatic rings. The molecule has 0 bridgehead atoms. The summed E-state index contributed by atoms with van der Waals surface area (Å²) in [5.74, 6) is 0.115. The highest BCUT2D eigenvalue weighted by Crippen LogP contribution is 2.21. The lowest BCUT2D eigenvalue weighted by molar-refractivity contribution is -0.121. The molecule has 0 saturated carbocycles. The van der Waals surface area contributed by atoms with Crippen LogP contribution in [0.5, 0.6) is 0 Å². The molecule has 1 amide bonds. The highest BCUT2D eigenvalue weighted by atomic mass is 32.1. The fourth-order valence-electron chi connectivity index (χ4n) is 1.37. The lowest BCUT2D eigenvalue weighted by Gasteiger charge is -2.15. The van der Waals surface area contributed by atoms with E-state index in [1.54, 1.807) is 11.3 Å². The Morgan fingerprint density at radius 3 is 2.93 bits per heavy atom. The van der Waals surface area contributed by atoms with E-state index in [2.05, 4.69) is 23.6 Å². The van der Waals surface area contributed by atoms with Gasteiger partial charge in [-0.15, -0.1) is 11.3 Å². The summed E-state index contributed by atoms with van der Waals surface area (Å²) in [5.41, 5.74) is 0. The van der Waals surface area contributed by atoms with Crippen molar-refractivity contribution in [3.8, 4) is 0 Å². The largest absolute Gasteiger partial charge is 0.348 e. The van der Waals surface area contributed by atoms with Crippen molar-refractivity contribution in [3.05, 3.63) is 22.4 Å². The van der Waals surface area contributed by atoms with Crippen molar-refractivity contribution in [1.82, 2.24) is 10.6 Å². The summed E-state index contributed by atoms with van der Waals surface area (Å²) >= 11 is 1.69. The van der Waals surface area contributed by atoms with Gasteiger partial charge >= 0.3 is 0 Å². The average Bonchev–Trinajstić information content (AvgIpc) is 2.76. The number of hydrogen-bond acceptors (Lipinski definition) is 3. The summed E-state index contributed by atoms with van der Waals surface area (Å²) in [7, 11) is 1.85. The van der Waals surface area contributed by atoms with Gasteiger partial charge in [0, 0.05) is 17.8 Å². The van der Waals surface area contributed by atoms with Gasteiger partial charge in [-0.2, -0.15) is 0 Å². The zero-order chi connectivity index (χ0) is 11.1. The second kappa shape index (κ2) is 6.58. The Labute approximate surface area is 94.9 Å². The van der Waals surface area contributed by atoms with E-state index >= 15 is 0 Å². The van der Waals surface area contributed by atoms with Gasteiger partial charge < -0.3 is 10.6 Å². The van der Waals surface area contributed by atoms with E-state index in [0.29, 0.717) is 6.42 Å². The highest BCUT2D eigenvalue weighted by molar-refractivity contribution is 7.10. The molecule has 1 rings (SSSR count). The molecule has 0 saturated heterocycles. The molecule has 0 spiro atoms. The van der Waals surface area contributed by atoms with Crippen LogP contribution in [0.15, 0.2) is 17.5 Å². The number of rotatable bonds is 6. The van der Waals surface area contributed by atoms with E-state index < -0.39 is 0 Å². The first-order valence-corrected chi connectivity index (χ1v) is 6.13. The first kappa shape index (κ1) is 12.2. The van der Waals surface area contributed by atoms with Crippen LogP contribution in [0.3, 0.4) is 0 Å². The monoisotopic (exact) mass is 226 g/mol. The molecule has 1 heterocycles. The van der Waals surface area contributed by atoms with Crippen LogP contribution in [0.1, 0.15) is 30.7 Å². The second-order valence-corrected chi connectivity index (χ2v) is 4.38. The average molecular weight is 226 g/mol. The van der Waals surface area contributed by atoms with E-state index in [9.17, 15) is 4.79 Å². The molecule has 0 aliphatic heterocycles. The molecule has 3 nitrogen and oxygen atoms in total. The molecule has 1 atom stereocenters. The summed E-state index contributed by atoms with van der Waals surface area (Å²) in [6.07, 6.45) is 1.48. The molecule has 0 aliphatic carbocycles. The number of nitrogens with one attached hydrogen (secondary N) is 2. The molecule has 84 valence electrons. The smallest absolute Gasteiger partial charge is 0.221 e. The molecular weight excluding hydrogens is 208 g/mol. The number of carbonyl (C=O) groups excluding carboxylic acids is 1. The zero-order valence-electron chi connectivity index (χ0n) is 9.25. The van der Waals surface area contributed by atoms with Crippen molar-refractivity contribution in [2.24, 2.45) is 0 Å². The van der Waals surface area contributed by atoms with Crippen LogP contribution in [0.25, 0.3) is 0 Å². The summed E-state index contributed by atoms with van der Waals surface area (Å²) in [4.78, 5) is 12.8. The lowest BCUT2D eigenvalue weighted by Crippen LogP contribution is -2.29. The molecule has 0 aromatic carbocycles. The Hall–Kier alpha value is -0.870. The van der Waals surface area contributed by atoms with Gasteiger partial charge in [0.25, 0.3) is 0 Å². The van der Waals surface area contributed by atoms with Crippen molar-refractivity contribution in [1.29, 1.82) is 0 Å². The van der Waals surface area contributed by atoms with E-state index in [-0.39, 0.29) is 11.9 Å². The first-order valence-electron chi connectivity index (χ1n) is 5.25. The molecule has 0 radical (unpaired) electrons. The summed E-state index contributed by atoms with van der Waals surface area (Å²) in [5, 5.41) is 8.04. The zero-order valence-corrected chi connectivity index (χ0v) is 10.1. The topological polar surface area (TPSA) is 41.1 Å². The van der Waals surface area contributed by atoms with Gasteiger partial charge in [-0.05, 0) is 24.9 Å². The van der Waals surface area contributed by atoms with Crippen LogP contribution in [0.4, 0.5) is 0 Å². The van der Waals surface area contributed by atoms with Crippen molar-refractivity contribution in [3.63, 3.8) is 0 Å². The van der Waals surface area contributed by atoms with E-state index in [0.717, 1.165) is 13.0 Å². The minimum atomic E-state index is 0.115. The van der Waals surface area contributed by atoms with Crippen molar-refractivity contribution >= 4 is 17.2 Å². The SMILES string of the molecule is CCC(NC(=O)CCNC)c1cccs1. The van der Waals surface area contributed by atoms with Crippen LogP contribution >= 0.6 is 11.3 Å². The van der Waals surface area contributed by atoms with Crippen LogP contribution < -0.4 is 10.6 Å². The Morgan fingerprint density at radius 2 is 2.40 bits per heavy atom. The number of carbonyl (C=O) groups is 1. The predicted octanol–water partition coefficient (Wildman–Crippen LogP) is 1.92. The fraction of sp³-hybridized carbons (Fsp3) is 0.545. The molecule has 1 aromatic heterocycles. The molecular formula is C11H18N2OS. The maximum absolute atomic E-state index is 11.5. The Balaban J connectivity index is 2.44. The van der Waals surface area contributed by atoms with Crippen molar-refractivity contribution in [2.45, 2.75) is 25.8 Å². The minimum Gasteiger partial charge on any atom is -0.348 e. The van der Waals surface area contributed by atoms with Crippen LogP contribution in [-0.4, -0.2) is 19.5 Å². The lowest BCUT2D eigenvalue weighted by atomic mass is 10.2. The standard InChI is InChI=1S/C11H18N2OS/c1-3-9(10-5-4-8-15-10)13-11(14)6-7-12-2/h4-5,8-9,12H,3,6-7H2,1-2H3,(H,13,14). The summed E-state index contributed by atoms with van der Waals surface area (Å²) < 4.78 is 0. The van der Waals surface area contributed by atoms with Gasteiger partial charge in [0.2, 0.25) is 5.91 Å². The van der Waals surface area contributed by atoms with Gasteiger partial charge in [-0.3, -0.25) is 4.79 Å². The molecule has 1 unspecified atom stereocenters. The van der Waals surface area contributed by atoms with Gasteiger partial charge in [0.15, 0.2) is 0 Å². The Kier molecular flexibility index (Phi) is 5.36. The summed E-state index contributed by atoms with van der Waals surface area (Å²) in [6.45, 7) is 2.81. The number of amides is 1. The minimum absolute atomic E-state index is 0.115. The number of hydrogen-bond donors (Lipinski definition) is 2. The maximum Gasteiger partial charge on any atom is 0.221 e. The van der Waals surface area contributed by atoms with E-state index in [1.165, 1.54) is 4.88 Å². The van der Waals surface area contributed by atoms with E-state index in [1.807, 2.05) is 18.5 Å². The second-order valence-electron chi connectivity index (χ2n) is 3.40. The van der Waals surface area contributed by atoms with E-state index in [4.69, 9.17) is 0 Å². The van der Waals surface area contributed by atoms with Crippen LogP contribution in [-0.2, 0) is 4.79 Å². The van der Waals surface area contributed by atoms with Gasteiger partial charge in [-0.25, -0.2) is 0 Å². The third-order valence-corrected chi connectivity index (χ3v) is 3.22. The Morgan fingerprint density at radius 1 is 1.60 bits per heavy atom. The van der Waals surface area contributed by atoms with Crippen LogP contribution in [0, 0.1) is 0 Å². The highest BCUT2D eigenvalue weighted by Gasteiger charge is 2.12. The molecule has 2 N–H and O–H groups in total. The van der Waals surface area contributed by atoms with Crippen LogP contribution in [0.2, 0.25) is 0 Å². The van der Waals surface area contributed by atoms with Crippen molar-refractivity contribution < 1.29 is 4.79 Å². The quantitative estimate of drug-likeness (QED) is 0.778. The van der Waals surface area contributed by atoms with Crippen molar-refractivity contribution in [2.75, 3.05) is 13.6 Å². The molecule has 15 heavy (non-hydrogen) atoms. The molecule has 0 fully saturated rings. The third kappa shape index (κ3) is 4.01. The molecule has 0 aliphatic rings. The normalized spacial score (nSPS) is 12.4. The maximum atomic E-state index is 11.5. The third-order valence-electron chi connectivity index (χ3n) is 2.23. The Bertz CT molecular complexity index is 285. The summed E-state index contributed by atoms with van der Waals surface area (Å²) in [6, 6.07) is 4.26. The fourth-order valence-corrected chi connectivity index (χ4v) is 2.23. The predicted molar refractivity (Wildman–Crippen MR) is 64.0 cm³/mol. The first-order chi connectivity index (χ1) is 7.27. The van der Waals surface area contributed by atoms with Gasteiger partial charge in [0.1, 0.15) is 0 Å². The number of thiophene rings is 1. The van der Waals surface area contributed by atoms with Gasteiger partial charge in [0.05, 0.1) is 6.04 Å².